The van der Waals surface area contributed by atoms with E-state index in [0.29, 0.717) is 23.7 Å². The number of carbonyl (C=O) groups excluding carboxylic acids is 2. The molecule has 0 saturated heterocycles. The molecule has 0 aliphatic rings. The number of carbonyl (C=O) groups is 2. The van der Waals surface area contributed by atoms with Crippen LogP contribution in [-0.4, -0.2) is 38.1 Å². The summed E-state index contributed by atoms with van der Waals surface area (Å²) in [6.07, 6.45) is 0. The Labute approximate surface area is 143 Å². The van der Waals surface area contributed by atoms with Crippen molar-refractivity contribution in [2.75, 3.05) is 25.6 Å². The second kappa shape index (κ2) is 10.2. The van der Waals surface area contributed by atoms with E-state index < -0.39 is 6.04 Å². The molecule has 7 heteroatoms. The molecule has 2 amide bonds. The van der Waals surface area contributed by atoms with Crippen molar-refractivity contribution in [2.45, 2.75) is 26.8 Å². The van der Waals surface area contributed by atoms with E-state index in [1.807, 2.05) is 20.8 Å². The molecule has 0 aliphatic carbocycles. The van der Waals surface area contributed by atoms with E-state index in [2.05, 4.69) is 10.6 Å². The van der Waals surface area contributed by atoms with Crippen LogP contribution in [-0.2, 0) is 9.53 Å². The van der Waals surface area contributed by atoms with Crippen molar-refractivity contribution in [1.29, 1.82) is 0 Å². The monoisotopic (exact) mass is 343 g/mol. The van der Waals surface area contributed by atoms with Crippen LogP contribution in [0.3, 0.4) is 0 Å². The van der Waals surface area contributed by atoms with Gasteiger partial charge in [-0.2, -0.15) is 0 Å². The highest BCUT2D eigenvalue weighted by Gasteiger charge is 2.15. The fraction of sp³-hybridized carbons (Fsp3) is 0.500. The fourth-order valence-electron chi connectivity index (χ4n) is 1.82. The summed E-state index contributed by atoms with van der Waals surface area (Å²) in [5, 5.41) is 5.59. The SMILES string of the molecule is COCC(N)C(=O)Nc1ccc(C(=O)NCC(C)C)cc1C.Cl. The Balaban J connectivity index is 0.00000484. The van der Waals surface area contributed by atoms with Gasteiger partial charge >= 0.3 is 0 Å². The summed E-state index contributed by atoms with van der Waals surface area (Å²) >= 11 is 0. The minimum Gasteiger partial charge on any atom is -0.383 e. The van der Waals surface area contributed by atoms with E-state index in [-0.39, 0.29) is 30.8 Å². The van der Waals surface area contributed by atoms with Gasteiger partial charge in [-0.1, -0.05) is 13.8 Å². The highest BCUT2D eigenvalue weighted by Crippen LogP contribution is 2.17. The summed E-state index contributed by atoms with van der Waals surface area (Å²) in [6, 6.07) is 4.41. The Morgan fingerprint density at radius 3 is 2.48 bits per heavy atom. The second-order valence-corrected chi connectivity index (χ2v) is 5.68. The van der Waals surface area contributed by atoms with Crippen LogP contribution in [0.2, 0.25) is 0 Å². The minimum atomic E-state index is -0.724. The van der Waals surface area contributed by atoms with Crippen LogP contribution in [0.4, 0.5) is 5.69 Å². The smallest absolute Gasteiger partial charge is 0.251 e. The first-order valence-corrected chi connectivity index (χ1v) is 7.29. The number of ether oxygens (including phenoxy) is 1. The average Bonchev–Trinajstić information content (AvgIpc) is 2.46. The maximum Gasteiger partial charge on any atom is 0.251 e. The van der Waals surface area contributed by atoms with Crippen LogP contribution < -0.4 is 16.4 Å². The van der Waals surface area contributed by atoms with Gasteiger partial charge in [-0.15, -0.1) is 12.4 Å². The van der Waals surface area contributed by atoms with Crippen LogP contribution >= 0.6 is 12.4 Å². The largest absolute Gasteiger partial charge is 0.383 e. The van der Waals surface area contributed by atoms with Crippen molar-refractivity contribution < 1.29 is 14.3 Å². The number of amides is 2. The van der Waals surface area contributed by atoms with Gasteiger partial charge in [0.15, 0.2) is 0 Å². The summed E-state index contributed by atoms with van der Waals surface area (Å²) in [5.41, 5.74) is 7.67. The van der Waals surface area contributed by atoms with Gasteiger partial charge in [-0.05, 0) is 36.6 Å². The summed E-state index contributed by atoms with van der Waals surface area (Å²) in [7, 11) is 1.49. The Hall–Kier alpha value is -1.63. The number of hydrogen-bond donors (Lipinski definition) is 3. The van der Waals surface area contributed by atoms with E-state index in [1.165, 1.54) is 7.11 Å². The normalized spacial score (nSPS) is 11.6. The lowest BCUT2D eigenvalue weighted by Gasteiger charge is -2.14. The molecule has 0 spiro atoms. The number of methoxy groups -OCH3 is 1. The van der Waals surface area contributed by atoms with Crippen LogP contribution in [0.25, 0.3) is 0 Å². The van der Waals surface area contributed by atoms with E-state index in [4.69, 9.17) is 10.5 Å². The zero-order chi connectivity index (χ0) is 16.7. The quantitative estimate of drug-likeness (QED) is 0.702. The molecule has 0 fully saturated rings. The second-order valence-electron chi connectivity index (χ2n) is 5.68. The van der Waals surface area contributed by atoms with Crippen molar-refractivity contribution in [3.63, 3.8) is 0 Å². The minimum absolute atomic E-state index is 0. The average molecular weight is 344 g/mol. The molecule has 0 heterocycles. The third kappa shape index (κ3) is 6.99. The molecule has 1 aromatic rings. The molecule has 4 N–H and O–H groups in total. The fourth-order valence-corrected chi connectivity index (χ4v) is 1.82. The molecule has 1 unspecified atom stereocenters. The zero-order valence-corrected chi connectivity index (χ0v) is 14.8. The highest BCUT2D eigenvalue weighted by molar-refractivity contribution is 5.98. The summed E-state index contributed by atoms with van der Waals surface area (Å²) in [5.74, 6) is -0.0430. The Morgan fingerprint density at radius 2 is 1.96 bits per heavy atom. The lowest BCUT2D eigenvalue weighted by Crippen LogP contribution is -2.39. The first kappa shape index (κ1) is 21.4. The van der Waals surface area contributed by atoms with Crippen molar-refractivity contribution in [3.8, 4) is 0 Å². The summed E-state index contributed by atoms with van der Waals surface area (Å²) < 4.78 is 4.85. The number of nitrogens with one attached hydrogen (secondary N) is 2. The molecule has 0 radical (unpaired) electrons. The first-order valence-electron chi connectivity index (χ1n) is 7.29. The first-order chi connectivity index (χ1) is 10.3. The van der Waals surface area contributed by atoms with Crippen molar-refractivity contribution in [1.82, 2.24) is 5.32 Å². The summed E-state index contributed by atoms with van der Waals surface area (Å²) in [6.45, 7) is 6.68. The predicted molar refractivity (Wildman–Crippen MR) is 94.1 cm³/mol. The molecule has 0 bridgehead atoms. The Bertz CT molecular complexity index is 535. The molecule has 130 valence electrons. The molecular weight excluding hydrogens is 318 g/mol. The Morgan fingerprint density at radius 1 is 1.30 bits per heavy atom. The van der Waals surface area contributed by atoms with E-state index in [1.54, 1.807) is 18.2 Å². The van der Waals surface area contributed by atoms with Crippen LogP contribution in [0, 0.1) is 12.8 Å². The van der Waals surface area contributed by atoms with Crippen LogP contribution in [0.1, 0.15) is 29.8 Å². The third-order valence-electron chi connectivity index (χ3n) is 3.10. The molecule has 23 heavy (non-hydrogen) atoms. The maximum absolute atomic E-state index is 12.0. The van der Waals surface area contributed by atoms with Gasteiger partial charge in [-0.3, -0.25) is 9.59 Å². The zero-order valence-electron chi connectivity index (χ0n) is 14.0. The van der Waals surface area contributed by atoms with Crippen molar-refractivity contribution in [3.05, 3.63) is 29.3 Å². The molecule has 0 aromatic heterocycles. The number of hydrogen-bond acceptors (Lipinski definition) is 4. The molecular formula is C16H26ClN3O3. The van der Waals surface area contributed by atoms with E-state index in [0.717, 1.165) is 5.56 Å². The van der Waals surface area contributed by atoms with Crippen LogP contribution in [0.15, 0.2) is 18.2 Å². The van der Waals surface area contributed by atoms with Gasteiger partial charge in [0, 0.05) is 24.9 Å². The number of anilines is 1. The number of nitrogens with two attached hydrogens (primary N) is 1. The highest BCUT2D eigenvalue weighted by atomic mass is 35.5. The van der Waals surface area contributed by atoms with Crippen molar-refractivity contribution in [2.24, 2.45) is 11.7 Å². The van der Waals surface area contributed by atoms with Crippen molar-refractivity contribution >= 4 is 29.9 Å². The van der Waals surface area contributed by atoms with E-state index >= 15 is 0 Å². The molecule has 1 atom stereocenters. The van der Waals surface area contributed by atoms with Gasteiger partial charge in [0.25, 0.3) is 5.91 Å². The number of benzene rings is 1. The number of halogens is 1. The maximum atomic E-state index is 12.0. The van der Waals surface area contributed by atoms with Gasteiger partial charge in [-0.25, -0.2) is 0 Å². The number of rotatable bonds is 7. The van der Waals surface area contributed by atoms with E-state index in [9.17, 15) is 9.59 Å². The Kier molecular flexibility index (Phi) is 9.48. The van der Waals surface area contributed by atoms with Gasteiger partial charge in [0.1, 0.15) is 6.04 Å². The standard InChI is InChI=1S/C16H25N3O3.ClH/c1-10(2)8-18-15(20)12-5-6-14(11(3)7-12)19-16(21)13(17)9-22-4;/h5-7,10,13H,8-9,17H2,1-4H3,(H,18,20)(H,19,21);1H. The van der Waals surface area contributed by atoms with Gasteiger partial charge in [0.05, 0.1) is 6.61 Å². The van der Waals surface area contributed by atoms with Gasteiger partial charge < -0.3 is 21.1 Å². The molecule has 0 aliphatic heterocycles. The third-order valence-corrected chi connectivity index (χ3v) is 3.10. The lowest BCUT2D eigenvalue weighted by molar-refractivity contribution is -0.118. The molecule has 1 rings (SSSR count). The summed E-state index contributed by atoms with van der Waals surface area (Å²) in [4.78, 5) is 23.8. The topological polar surface area (TPSA) is 93.4 Å². The molecule has 6 nitrogen and oxygen atoms in total. The van der Waals surface area contributed by atoms with Crippen LogP contribution in [0.5, 0.6) is 0 Å². The predicted octanol–water partition coefficient (Wildman–Crippen LogP) is 1.71. The lowest BCUT2D eigenvalue weighted by atomic mass is 10.1. The molecule has 1 aromatic carbocycles. The molecule has 0 saturated carbocycles. The number of aryl methyl sites for hydroxylation is 1. The van der Waals surface area contributed by atoms with Gasteiger partial charge in [0.2, 0.25) is 5.91 Å².